The number of hydrogen-bond donors (Lipinski definition) is 3. The van der Waals surface area contributed by atoms with Gasteiger partial charge in [0.25, 0.3) is 0 Å². The fraction of sp³-hybridized carbons (Fsp3) is 0.692. The summed E-state index contributed by atoms with van der Waals surface area (Å²) in [7, 11) is -2.86. The average molecular weight is 303 g/mol. The van der Waals surface area contributed by atoms with E-state index in [9.17, 15) is 0 Å². The van der Waals surface area contributed by atoms with Crippen molar-refractivity contribution in [3.8, 4) is 0 Å². The van der Waals surface area contributed by atoms with Crippen molar-refractivity contribution in [1.29, 1.82) is 0 Å². The van der Waals surface area contributed by atoms with Gasteiger partial charge in [-0.25, -0.2) is 0 Å². The standard InChI is InChI=1S/C13H29N3O3Si/c1-6-12(4)15-18-20(17-8-3,11-9-10-14)19-16-13(5)7-2/h6-7,15-16H,8-11,14H2,1-5H3. The predicted octanol–water partition coefficient (Wildman–Crippen LogP) is 2.20. The smallest absolute Gasteiger partial charge is 0.372 e. The number of nitrogens with two attached hydrogens (primary N) is 1. The third kappa shape index (κ3) is 7.66. The lowest BCUT2D eigenvalue weighted by molar-refractivity contribution is 0.00728. The van der Waals surface area contributed by atoms with Gasteiger partial charge in [0.05, 0.1) is 0 Å². The van der Waals surface area contributed by atoms with Gasteiger partial charge in [-0.1, -0.05) is 12.2 Å². The Balaban J connectivity index is 4.81. The molecule has 0 amide bonds. The third-order valence-electron chi connectivity index (χ3n) is 2.65. The van der Waals surface area contributed by atoms with E-state index in [1.807, 2.05) is 46.8 Å². The molecule has 0 heterocycles. The second kappa shape index (κ2) is 10.9. The Morgan fingerprint density at radius 1 is 1.10 bits per heavy atom. The van der Waals surface area contributed by atoms with Gasteiger partial charge >= 0.3 is 8.80 Å². The van der Waals surface area contributed by atoms with Gasteiger partial charge in [-0.15, -0.1) is 0 Å². The fourth-order valence-electron chi connectivity index (χ4n) is 1.23. The van der Waals surface area contributed by atoms with E-state index in [1.54, 1.807) is 0 Å². The van der Waals surface area contributed by atoms with Crippen LogP contribution in [0.3, 0.4) is 0 Å². The lowest BCUT2D eigenvalue weighted by Crippen LogP contribution is -2.52. The Kier molecular flexibility index (Phi) is 10.4. The minimum atomic E-state index is -2.86. The summed E-state index contributed by atoms with van der Waals surface area (Å²) < 4.78 is 17.3. The summed E-state index contributed by atoms with van der Waals surface area (Å²) in [6.07, 6.45) is 4.61. The highest BCUT2D eigenvalue weighted by molar-refractivity contribution is 6.60. The first-order valence-electron chi connectivity index (χ1n) is 7.01. The Hall–Kier alpha value is -0.863. The normalized spacial score (nSPS) is 15.9. The molecule has 0 aromatic carbocycles. The van der Waals surface area contributed by atoms with Gasteiger partial charge in [-0.3, -0.25) is 20.0 Å². The maximum absolute atomic E-state index is 5.78. The molecule has 0 aromatic rings. The average Bonchev–Trinajstić information content (AvgIpc) is 2.47. The molecule has 0 aliphatic rings. The molecule has 0 aromatic heterocycles. The topological polar surface area (TPSA) is 77.8 Å². The van der Waals surface area contributed by atoms with Gasteiger partial charge in [0.1, 0.15) is 0 Å². The molecule has 7 heteroatoms. The minimum Gasteiger partial charge on any atom is -0.372 e. The van der Waals surface area contributed by atoms with E-state index < -0.39 is 8.80 Å². The second-order valence-electron chi connectivity index (χ2n) is 4.36. The predicted molar refractivity (Wildman–Crippen MR) is 83.2 cm³/mol. The number of nitrogens with one attached hydrogen (secondary N) is 2. The van der Waals surface area contributed by atoms with Crippen LogP contribution in [0.5, 0.6) is 0 Å². The highest BCUT2D eigenvalue weighted by atomic mass is 28.4. The Morgan fingerprint density at radius 3 is 1.95 bits per heavy atom. The van der Waals surface area contributed by atoms with E-state index >= 15 is 0 Å². The molecule has 118 valence electrons. The largest absolute Gasteiger partial charge is 0.544 e. The van der Waals surface area contributed by atoms with E-state index in [0.717, 1.165) is 17.8 Å². The monoisotopic (exact) mass is 303 g/mol. The van der Waals surface area contributed by atoms with Crippen molar-refractivity contribution in [2.45, 2.75) is 47.1 Å². The van der Waals surface area contributed by atoms with Crippen LogP contribution in [0.2, 0.25) is 6.04 Å². The fourth-order valence-corrected chi connectivity index (χ4v) is 3.44. The van der Waals surface area contributed by atoms with Gasteiger partial charge in [0.2, 0.25) is 0 Å². The van der Waals surface area contributed by atoms with E-state index in [1.165, 1.54) is 0 Å². The van der Waals surface area contributed by atoms with Crippen molar-refractivity contribution >= 4 is 8.80 Å². The second-order valence-corrected chi connectivity index (χ2v) is 6.92. The van der Waals surface area contributed by atoms with Crippen LogP contribution in [0.15, 0.2) is 23.5 Å². The van der Waals surface area contributed by atoms with Crippen LogP contribution in [0.1, 0.15) is 41.0 Å². The van der Waals surface area contributed by atoms with Crippen LogP contribution >= 0.6 is 0 Å². The molecule has 0 spiro atoms. The van der Waals surface area contributed by atoms with Crippen molar-refractivity contribution in [3.05, 3.63) is 23.5 Å². The summed E-state index contributed by atoms with van der Waals surface area (Å²) in [6.45, 7) is 10.7. The van der Waals surface area contributed by atoms with Crippen LogP contribution in [-0.2, 0) is 13.5 Å². The zero-order valence-electron chi connectivity index (χ0n) is 13.3. The highest BCUT2D eigenvalue weighted by Crippen LogP contribution is 2.16. The maximum atomic E-state index is 5.78. The van der Waals surface area contributed by atoms with Crippen LogP contribution < -0.4 is 16.7 Å². The summed E-state index contributed by atoms with van der Waals surface area (Å²) in [4.78, 5) is 0. The lowest BCUT2D eigenvalue weighted by Gasteiger charge is -2.29. The molecule has 0 unspecified atom stereocenters. The molecule has 0 aliphatic carbocycles. The van der Waals surface area contributed by atoms with Crippen molar-refractivity contribution in [3.63, 3.8) is 0 Å². The summed E-state index contributed by atoms with van der Waals surface area (Å²) in [5.74, 6) is 0. The molecule has 0 rings (SSSR count). The summed E-state index contributed by atoms with van der Waals surface area (Å²) in [5.41, 5.74) is 13.2. The first-order valence-corrected chi connectivity index (χ1v) is 8.94. The molecular formula is C13H29N3O3Si. The number of hydrogen-bond acceptors (Lipinski definition) is 6. The van der Waals surface area contributed by atoms with Crippen molar-refractivity contribution < 1.29 is 13.5 Å². The highest BCUT2D eigenvalue weighted by Gasteiger charge is 2.42. The van der Waals surface area contributed by atoms with Gasteiger partial charge < -0.3 is 10.2 Å². The molecule has 20 heavy (non-hydrogen) atoms. The van der Waals surface area contributed by atoms with Gasteiger partial charge in [-0.2, -0.15) is 0 Å². The van der Waals surface area contributed by atoms with Gasteiger partial charge in [-0.05, 0) is 47.6 Å². The zero-order chi connectivity index (χ0) is 15.4. The Morgan fingerprint density at radius 2 is 1.60 bits per heavy atom. The van der Waals surface area contributed by atoms with E-state index in [2.05, 4.69) is 11.0 Å². The zero-order valence-corrected chi connectivity index (χ0v) is 14.3. The molecule has 0 radical (unpaired) electrons. The summed E-state index contributed by atoms with van der Waals surface area (Å²) >= 11 is 0. The van der Waals surface area contributed by atoms with E-state index in [4.69, 9.17) is 19.2 Å². The minimum absolute atomic E-state index is 0.518. The molecule has 0 aliphatic heterocycles. The van der Waals surface area contributed by atoms with Crippen molar-refractivity contribution in [2.24, 2.45) is 5.73 Å². The molecule has 0 bridgehead atoms. The summed E-state index contributed by atoms with van der Waals surface area (Å²) in [6, 6.07) is 0.644. The van der Waals surface area contributed by atoms with Crippen molar-refractivity contribution in [2.75, 3.05) is 13.2 Å². The van der Waals surface area contributed by atoms with E-state index in [0.29, 0.717) is 19.2 Å². The molecule has 6 nitrogen and oxygen atoms in total. The molecule has 0 saturated heterocycles. The van der Waals surface area contributed by atoms with Crippen LogP contribution in [0.25, 0.3) is 0 Å². The van der Waals surface area contributed by atoms with Gasteiger partial charge in [0, 0.05) is 24.0 Å². The van der Waals surface area contributed by atoms with Crippen molar-refractivity contribution in [1.82, 2.24) is 11.0 Å². The summed E-state index contributed by atoms with van der Waals surface area (Å²) in [5, 5.41) is 0. The first kappa shape index (κ1) is 19.1. The molecular weight excluding hydrogens is 274 g/mol. The van der Waals surface area contributed by atoms with Crippen LogP contribution in [0.4, 0.5) is 0 Å². The van der Waals surface area contributed by atoms with E-state index in [-0.39, 0.29) is 0 Å². The quantitative estimate of drug-likeness (QED) is 0.401. The lowest BCUT2D eigenvalue weighted by atomic mass is 10.5. The number of hydroxylamine groups is 2. The Bertz CT molecular complexity index is 300. The van der Waals surface area contributed by atoms with Crippen LogP contribution in [0, 0.1) is 0 Å². The first-order chi connectivity index (χ1) is 9.53. The molecule has 0 fully saturated rings. The molecule has 0 atom stereocenters. The maximum Gasteiger partial charge on any atom is 0.544 e. The van der Waals surface area contributed by atoms with Crippen LogP contribution in [-0.4, -0.2) is 22.0 Å². The third-order valence-corrected chi connectivity index (χ3v) is 5.17. The SMILES string of the molecule is CC=C(C)NO[Si](CCCN)(OCC)ONC(C)=CC. The molecule has 4 N–H and O–H groups in total. The number of allylic oxidation sites excluding steroid dienone is 4. The van der Waals surface area contributed by atoms with Gasteiger partial charge in [0.15, 0.2) is 0 Å². The Labute approximate surface area is 123 Å². The molecule has 0 saturated carbocycles. The number of rotatable bonds is 11.